The fourth-order valence-electron chi connectivity index (χ4n) is 4.68. The highest BCUT2D eigenvalue weighted by Gasteiger charge is 2.27. The van der Waals surface area contributed by atoms with Crippen molar-refractivity contribution in [3.8, 4) is 10.9 Å². The van der Waals surface area contributed by atoms with Crippen LogP contribution in [-0.2, 0) is 17.9 Å². The summed E-state index contributed by atoms with van der Waals surface area (Å²) in [5.41, 5.74) is 4.50. The summed E-state index contributed by atoms with van der Waals surface area (Å²) < 4.78 is 7.60. The van der Waals surface area contributed by atoms with Crippen molar-refractivity contribution in [3.63, 3.8) is 0 Å². The number of nitrogens with zero attached hydrogens (tertiary/aromatic N) is 4. The number of hydrogen-bond donors (Lipinski definition) is 2. The van der Waals surface area contributed by atoms with Gasteiger partial charge in [0.15, 0.2) is 0 Å². The molecule has 1 aliphatic heterocycles. The van der Waals surface area contributed by atoms with Gasteiger partial charge in [-0.1, -0.05) is 35.6 Å². The monoisotopic (exact) mass is 530 g/mol. The van der Waals surface area contributed by atoms with Crippen molar-refractivity contribution in [2.75, 3.05) is 29.9 Å². The van der Waals surface area contributed by atoms with Gasteiger partial charge in [-0.05, 0) is 74.2 Å². The molecule has 3 heterocycles. The summed E-state index contributed by atoms with van der Waals surface area (Å²) in [4.78, 5) is 15.0. The van der Waals surface area contributed by atoms with E-state index in [-0.39, 0.29) is 11.8 Å². The van der Waals surface area contributed by atoms with Gasteiger partial charge >= 0.3 is 0 Å². The van der Waals surface area contributed by atoms with Crippen LogP contribution in [0, 0.1) is 12.8 Å². The minimum Gasteiger partial charge on any atom is -0.494 e. The van der Waals surface area contributed by atoms with E-state index in [0.717, 1.165) is 53.3 Å². The molecule has 2 aromatic heterocycles. The molecule has 0 unspecified atom stereocenters. The summed E-state index contributed by atoms with van der Waals surface area (Å²) in [7, 11) is 0. The van der Waals surface area contributed by atoms with Crippen molar-refractivity contribution in [1.29, 1.82) is 0 Å². The first-order valence-corrected chi connectivity index (χ1v) is 14.0. The molecule has 4 aromatic rings. The minimum absolute atomic E-state index is 0.0346. The Morgan fingerprint density at radius 3 is 2.53 bits per heavy atom. The second-order valence-electron chi connectivity index (χ2n) is 9.45. The Morgan fingerprint density at radius 1 is 1.00 bits per heavy atom. The topological polar surface area (TPSA) is 84.3 Å². The molecule has 0 bridgehead atoms. The molecule has 1 amide bonds. The van der Waals surface area contributed by atoms with E-state index in [2.05, 4.69) is 55.4 Å². The van der Waals surface area contributed by atoms with Crippen LogP contribution >= 0.6 is 11.3 Å². The highest BCUT2D eigenvalue weighted by molar-refractivity contribution is 7.17. The third kappa shape index (κ3) is 6.16. The highest BCUT2D eigenvalue weighted by Crippen LogP contribution is 2.29. The van der Waals surface area contributed by atoms with Gasteiger partial charge in [-0.15, -0.1) is 10.2 Å². The largest absolute Gasteiger partial charge is 0.494 e. The maximum atomic E-state index is 12.8. The summed E-state index contributed by atoms with van der Waals surface area (Å²) in [6, 6.07) is 20.3. The third-order valence-electron chi connectivity index (χ3n) is 6.93. The Bertz CT molecular complexity index is 1340. The predicted octanol–water partition coefficient (Wildman–Crippen LogP) is 5.18. The number of rotatable bonds is 10. The average Bonchev–Trinajstić information content (AvgIpc) is 3.62. The smallest absolute Gasteiger partial charge is 0.223 e. The molecule has 1 saturated heterocycles. The molecule has 0 atom stereocenters. The van der Waals surface area contributed by atoms with Crippen LogP contribution in [0.4, 0.5) is 10.8 Å². The molecular formula is C29H34N6O2S. The maximum Gasteiger partial charge on any atom is 0.223 e. The Labute approximate surface area is 227 Å². The molecule has 38 heavy (non-hydrogen) atoms. The molecule has 0 spiro atoms. The van der Waals surface area contributed by atoms with E-state index in [1.54, 1.807) is 11.3 Å². The zero-order valence-corrected chi connectivity index (χ0v) is 22.7. The van der Waals surface area contributed by atoms with Crippen LogP contribution in [-0.4, -0.2) is 40.4 Å². The average molecular weight is 531 g/mol. The molecule has 1 fully saturated rings. The number of piperidine rings is 1. The lowest BCUT2D eigenvalue weighted by molar-refractivity contribution is -0.125. The number of amides is 1. The van der Waals surface area contributed by atoms with Crippen LogP contribution in [0.3, 0.4) is 0 Å². The van der Waals surface area contributed by atoms with Crippen LogP contribution in [0.2, 0.25) is 0 Å². The number of hydrogen-bond acceptors (Lipinski definition) is 7. The maximum absolute atomic E-state index is 12.8. The summed E-state index contributed by atoms with van der Waals surface area (Å²) in [6.07, 6.45) is 3.65. The molecular weight excluding hydrogens is 496 g/mol. The van der Waals surface area contributed by atoms with Gasteiger partial charge in [-0.25, -0.2) is 0 Å². The zero-order chi connectivity index (χ0) is 26.3. The molecule has 2 aromatic carbocycles. The first-order valence-electron chi connectivity index (χ1n) is 13.1. The molecule has 9 heteroatoms. The lowest BCUT2D eigenvalue weighted by atomic mass is 9.96. The van der Waals surface area contributed by atoms with Crippen LogP contribution in [0.15, 0.2) is 66.9 Å². The standard InChI is InChI=1S/C29H34N6O2S/c1-3-37-26-12-10-24(11-13-26)30-20-25-9-6-16-35(25)29-33-32-28(38-29)34-17-14-22(15-18-34)27(36)31-19-23-8-5-4-7-21(23)2/h4-13,16,22,30H,3,14-15,17-20H2,1-2H3,(H,31,36). The number of ether oxygens (including phenoxy) is 1. The number of anilines is 2. The van der Waals surface area contributed by atoms with Crippen molar-refractivity contribution in [2.24, 2.45) is 5.92 Å². The van der Waals surface area contributed by atoms with Gasteiger partial charge in [0, 0.05) is 43.1 Å². The molecule has 5 rings (SSSR count). The first kappa shape index (κ1) is 25.8. The van der Waals surface area contributed by atoms with E-state index < -0.39 is 0 Å². The minimum atomic E-state index is 0.0346. The number of benzene rings is 2. The lowest BCUT2D eigenvalue weighted by Crippen LogP contribution is -2.40. The fourth-order valence-corrected chi connectivity index (χ4v) is 5.59. The summed E-state index contributed by atoms with van der Waals surface area (Å²) in [6.45, 7) is 7.56. The van der Waals surface area contributed by atoms with Gasteiger partial charge in [-0.3, -0.25) is 9.36 Å². The molecule has 1 aliphatic rings. The van der Waals surface area contributed by atoms with Crippen molar-refractivity contribution in [2.45, 2.75) is 39.8 Å². The van der Waals surface area contributed by atoms with Crippen molar-refractivity contribution in [3.05, 3.63) is 83.7 Å². The van der Waals surface area contributed by atoms with Crippen LogP contribution < -0.4 is 20.3 Å². The lowest BCUT2D eigenvalue weighted by Gasteiger charge is -2.30. The number of carbonyl (C=O) groups is 1. The van der Waals surface area contributed by atoms with Crippen LogP contribution in [0.25, 0.3) is 5.13 Å². The van der Waals surface area contributed by atoms with Gasteiger partial charge in [0.2, 0.25) is 16.2 Å². The second-order valence-corrected chi connectivity index (χ2v) is 10.4. The summed E-state index contributed by atoms with van der Waals surface area (Å²) in [5, 5.41) is 17.3. The van der Waals surface area contributed by atoms with Crippen molar-refractivity contribution < 1.29 is 9.53 Å². The number of aryl methyl sites for hydroxylation is 1. The van der Waals surface area contributed by atoms with Gasteiger partial charge in [0.25, 0.3) is 0 Å². The van der Waals surface area contributed by atoms with Crippen molar-refractivity contribution in [1.82, 2.24) is 20.1 Å². The molecule has 2 N–H and O–H groups in total. The normalized spacial score (nSPS) is 13.9. The molecule has 8 nitrogen and oxygen atoms in total. The van der Waals surface area contributed by atoms with Gasteiger partial charge in [0.05, 0.1) is 13.2 Å². The van der Waals surface area contributed by atoms with E-state index in [4.69, 9.17) is 4.74 Å². The van der Waals surface area contributed by atoms with Gasteiger partial charge in [-0.2, -0.15) is 0 Å². The highest BCUT2D eigenvalue weighted by atomic mass is 32.1. The van der Waals surface area contributed by atoms with E-state index in [0.29, 0.717) is 19.7 Å². The van der Waals surface area contributed by atoms with E-state index in [1.165, 1.54) is 11.1 Å². The quantitative estimate of drug-likeness (QED) is 0.294. The SMILES string of the molecule is CCOc1ccc(NCc2cccn2-c2nnc(N3CCC(C(=O)NCc4ccccc4C)CC3)s2)cc1. The van der Waals surface area contributed by atoms with Crippen molar-refractivity contribution >= 4 is 28.1 Å². The molecule has 198 valence electrons. The zero-order valence-electron chi connectivity index (χ0n) is 21.9. The van der Waals surface area contributed by atoms with Gasteiger partial charge in [0.1, 0.15) is 5.75 Å². The number of carbonyl (C=O) groups excluding carboxylic acids is 1. The van der Waals surface area contributed by atoms with E-state index in [9.17, 15) is 4.79 Å². The Morgan fingerprint density at radius 2 is 1.76 bits per heavy atom. The Hall–Kier alpha value is -3.85. The predicted molar refractivity (Wildman–Crippen MR) is 152 cm³/mol. The van der Waals surface area contributed by atoms with E-state index >= 15 is 0 Å². The number of nitrogens with one attached hydrogen (secondary N) is 2. The fraction of sp³-hybridized carbons (Fsp3) is 0.345. The summed E-state index contributed by atoms with van der Waals surface area (Å²) >= 11 is 1.58. The third-order valence-corrected chi connectivity index (χ3v) is 7.92. The molecule has 0 saturated carbocycles. The van der Waals surface area contributed by atoms with E-state index in [1.807, 2.05) is 55.6 Å². The van der Waals surface area contributed by atoms with Crippen LogP contribution in [0.5, 0.6) is 5.75 Å². The van der Waals surface area contributed by atoms with Crippen LogP contribution in [0.1, 0.15) is 36.6 Å². The molecule has 0 aliphatic carbocycles. The first-order chi connectivity index (χ1) is 18.6. The Kier molecular flexibility index (Phi) is 8.23. The summed E-state index contributed by atoms with van der Waals surface area (Å²) in [5.74, 6) is 1.05. The van der Waals surface area contributed by atoms with Gasteiger partial charge < -0.3 is 20.3 Å². The molecule has 0 radical (unpaired) electrons. The Balaban J connectivity index is 1.13. The number of aromatic nitrogens is 3. The second kappa shape index (κ2) is 12.1.